The van der Waals surface area contributed by atoms with Gasteiger partial charge in [-0.2, -0.15) is 0 Å². The van der Waals surface area contributed by atoms with Gasteiger partial charge in [0, 0.05) is 12.6 Å². The van der Waals surface area contributed by atoms with Crippen molar-refractivity contribution in [2.24, 2.45) is 5.84 Å². The second-order valence-electron chi connectivity index (χ2n) is 2.89. The highest BCUT2D eigenvalue weighted by Gasteiger charge is 2.08. The molecule has 13 heavy (non-hydrogen) atoms. The zero-order valence-electron chi connectivity index (χ0n) is 7.62. The van der Waals surface area contributed by atoms with E-state index in [0.717, 1.165) is 11.3 Å². The Balaban J connectivity index is 2.86. The van der Waals surface area contributed by atoms with E-state index in [9.17, 15) is 0 Å². The summed E-state index contributed by atoms with van der Waals surface area (Å²) in [4.78, 5) is 4.19. The summed E-state index contributed by atoms with van der Waals surface area (Å²) in [5.41, 5.74) is 4.69. The Hall–Kier alpha value is -1.37. The van der Waals surface area contributed by atoms with E-state index in [4.69, 9.17) is 12.3 Å². The third kappa shape index (κ3) is 2.55. The molecule has 3 nitrogen and oxygen atoms in total. The van der Waals surface area contributed by atoms with Crippen LogP contribution in [0.4, 0.5) is 0 Å². The van der Waals surface area contributed by atoms with Crippen LogP contribution < -0.4 is 11.3 Å². The quantitative estimate of drug-likeness (QED) is 0.408. The van der Waals surface area contributed by atoms with E-state index in [1.807, 2.05) is 19.1 Å². The van der Waals surface area contributed by atoms with Crippen LogP contribution in [-0.2, 0) is 0 Å². The average Bonchev–Trinajstić information content (AvgIpc) is 2.14. The van der Waals surface area contributed by atoms with E-state index < -0.39 is 0 Å². The summed E-state index contributed by atoms with van der Waals surface area (Å²) >= 11 is 0. The molecule has 0 amide bonds. The summed E-state index contributed by atoms with van der Waals surface area (Å²) in [5, 5.41) is 0. The molecule has 68 valence electrons. The van der Waals surface area contributed by atoms with Crippen LogP contribution in [0.25, 0.3) is 0 Å². The molecule has 1 heterocycles. The molecule has 0 saturated heterocycles. The van der Waals surface area contributed by atoms with Crippen molar-refractivity contribution in [3.8, 4) is 12.3 Å². The molecule has 0 aliphatic rings. The van der Waals surface area contributed by atoms with Crippen molar-refractivity contribution < 1.29 is 0 Å². The smallest absolute Gasteiger partial charge is 0.0741 e. The van der Waals surface area contributed by atoms with Crippen molar-refractivity contribution in [2.75, 3.05) is 0 Å². The Kier molecular flexibility index (Phi) is 3.44. The van der Waals surface area contributed by atoms with Gasteiger partial charge in [-0.15, -0.1) is 12.3 Å². The van der Waals surface area contributed by atoms with Gasteiger partial charge in [-0.25, -0.2) is 0 Å². The first-order valence-electron chi connectivity index (χ1n) is 4.10. The summed E-state index contributed by atoms with van der Waals surface area (Å²) in [6.07, 6.45) is 7.51. The van der Waals surface area contributed by atoms with Crippen LogP contribution in [0.2, 0.25) is 0 Å². The number of nitrogens with one attached hydrogen (secondary N) is 1. The highest BCUT2D eigenvalue weighted by molar-refractivity contribution is 5.18. The van der Waals surface area contributed by atoms with Crippen LogP contribution in [0, 0.1) is 19.3 Å². The van der Waals surface area contributed by atoms with E-state index in [0.29, 0.717) is 6.42 Å². The molecule has 0 spiro atoms. The third-order valence-corrected chi connectivity index (χ3v) is 1.82. The van der Waals surface area contributed by atoms with Crippen molar-refractivity contribution in [1.29, 1.82) is 0 Å². The molecular weight excluding hydrogens is 162 g/mol. The van der Waals surface area contributed by atoms with Crippen molar-refractivity contribution in [1.82, 2.24) is 10.4 Å². The minimum Gasteiger partial charge on any atom is -0.271 e. The first-order valence-corrected chi connectivity index (χ1v) is 4.10. The summed E-state index contributed by atoms with van der Waals surface area (Å²) in [6.45, 7) is 2.01. The molecule has 0 fully saturated rings. The van der Waals surface area contributed by atoms with E-state index in [1.165, 1.54) is 0 Å². The van der Waals surface area contributed by atoms with Gasteiger partial charge in [0.25, 0.3) is 0 Å². The van der Waals surface area contributed by atoms with Crippen LogP contribution in [0.5, 0.6) is 0 Å². The van der Waals surface area contributed by atoms with Crippen LogP contribution >= 0.6 is 0 Å². The first-order chi connectivity index (χ1) is 6.27. The molecule has 3 N–H and O–H groups in total. The van der Waals surface area contributed by atoms with Crippen LogP contribution in [0.15, 0.2) is 18.3 Å². The molecular formula is C10H13N3. The molecule has 1 unspecified atom stereocenters. The maximum atomic E-state index is 5.36. The lowest BCUT2D eigenvalue weighted by Crippen LogP contribution is -2.28. The minimum absolute atomic E-state index is 0.0510. The van der Waals surface area contributed by atoms with Gasteiger partial charge >= 0.3 is 0 Å². The second kappa shape index (κ2) is 4.61. The van der Waals surface area contributed by atoms with Crippen molar-refractivity contribution in [2.45, 2.75) is 19.4 Å². The van der Waals surface area contributed by atoms with E-state index in [1.54, 1.807) is 6.20 Å². The number of aryl methyl sites for hydroxylation is 1. The van der Waals surface area contributed by atoms with Crippen molar-refractivity contribution >= 4 is 0 Å². The number of hydrogen-bond donors (Lipinski definition) is 2. The van der Waals surface area contributed by atoms with Crippen molar-refractivity contribution in [3.05, 3.63) is 29.6 Å². The summed E-state index contributed by atoms with van der Waals surface area (Å²) < 4.78 is 0. The average molecular weight is 175 g/mol. The fourth-order valence-electron chi connectivity index (χ4n) is 1.12. The Labute approximate surface area is 78.3 Å². The predicted octanol–water partition coefficient (Wildman–Crippen LogP) is 0.918. The van der Waals surface area contributed by atoms with Gasteiger partial charge in [0.1, 0.15) is 0 Å². The molecule has 0 radical (unpaired) electrons. The summed E-state index contributed by atoms with van der Waals surface area (Å²) in [6, 6.07) is 3.86. The van der Waals surface area contributed by atoms with Gasteiger partial charge in [-0.05, 0) is 24.6 Å². The van der Waals surface area contributed by atoms with Crippen molar-refractivity contribution in [3.63, 3.8) is 0 Å². The molecule has 1 rings (SSSR count). The monoisotopic (exact) mass is 175 g/mol. The highest BCUT2D eigenvalue weighted by atomic mass is 15.2. The van der Waals surface area contributed by atoms with Gasteiger partial charge in [0.15, 0.2) is 0 Å². The number of rotatable bonds is 3. The van der Waals surface area contributed by atoms with E-state index >= 15 is 0 Å². The van der Waals surface area contributed by atoms with E-state index in [-0.39, 0.29) is 6.04 Å². The molecule has 1 atom stereocenters. The second-order valence-corrected chi connectivity index (χ2v) is 2.89. The SMILES string of the molecule is C#CCC(NN)c1cc(C)ccn1. The molecule has 1 aromatic rings. The van der Waals surface area contributed by atoms with Crippen LogP contribution in [0.3, 0.4) is 0 Å². The Morgan fingerprint density at radius 3 is 3.08 bits per heavy atom. The summed E-state index contributed by atoms with van der Waals surface area (Å²) in [7, 11) is 0. The zero-order valence-corrected chi connectivity index (χ0v) is 7.62. The molecule has 3 heteroatoms. The highest BCUT2D eigenvalue weighted by Crippen LogP contribution is 2.13. The van der Waals surface area contributed by atoms with Gasteiger partial charge in [0.2, 0.25) is 0 Å². The number of pyridine rings is 1. The van der Waals surface area contributed by atoms with Gasteiger partial charge in [0.05, 0.1) is 11.7 Å². The maximum absolute atomic E-state index is 5.36. The molecule has 0 aliphatic heterocycles. The number of hydrazine groups is 1. The maximum Gasteiger partial charge on any atom is 0.0741 e. The molecule has 0 saturated carbocycles. The fraction of sp³-hybridized carbons (Fsp3) is 0.300. The zero-order chi connectivity index (χ0) is 9.68. The standard InChI is InChI=1S/C10H13N3/c1-3-4-9(13-11)10-7-8(2)5-6-12-10/h1,5-7,9,13H,4,11H2,2H3. The lowest BCUT2D eigenvalue weighted by Gasteiger charge is -2.12. The minimum atomic E-state index is -0.0510. The summed E-state index contributed by atoms with van der Waals surface area (Å²) in [5.74, 6) is 7.91. The first kappa shape index (κ1) is 9.72. The molecule has 1 aromatic heterocycles. The Bertz CT molecular complexity index is 314. The largest absolute Gasteiger partial charge is 0.271 e. The normalized spacial score (nSPS) is 12.1. The van der Waals surface area contributed by atoms with Gasteiger partial charge < -0.3 is 0 Å². The predicted molar refractivity (Wildman–Crippen MR) is 52.5 cm³/mol. The van der Waals surface area contributed by atoms with Gasteiger partial charge in [-0.1, -0.05) is 0 Å². The molecule has 0 aliphatic carbocycles. The van der Waals surface area contributed by atoms with Crippen LogP contribution in [-0.4, -0.2) is 4.98 Å². The lowest BCUT2D eigenvalue weighted by molar-refractivity contribution is 0.553. The Morgan fingerprint density at radius 1 is 1.77 bits per heavy atom. The fourth-order valence-corrected chi connectivity index (χ4v) is 1.12. The van der Waals surface area contributed by atoms with Crippen LogP contribution in [0.1, 0.15) is 23.7 Å². The topological polar surface area (TPSA) is 50.9 Å². The van der Waals surface area contributed by atoms with E-state index in [2.05, 4.69) is 16.3 Å². The number of nitrogens with zero attached hydrogens (tertiary/aromatic N) is 1. The third-order valence-electron chi connectivity index (χ3n) is 1.82. The number of hydrogen-bond acceptors (Lipinski definition) is 3. The number of terminal acetylenes is 1. The number of nitrogens with two attached hydrogens (primary N) is 1. The van der Waals surface area contributed by atoms with Gasteiger partial charge in [-0.3, -0.25) is 16.3 Å². The molecule has 0 aromatic carbocycles. The molecule has 0 bridgehead atoms. The Morgan fingerprint density at radius 2 is 2.54 bits per heavy atom. The number of aromatic nitrogens is 1. The lowest BCUT2D eigenvalue weighted by atomic mass is 10.1.